The van der Waals surface area contributed by atoms with E-state index in [1.165, 1.54) is 11.8 Å². The van der Waals surface area contributed by atoms with Crippen molar-refractivity contribution in [3.63, 3.8) is 0 Å². The number of hydrogen-bond donors (Lipinski definition) is 10. The Kier molecular flexibility index (Phi) is 18.0. The maximum absolute atomic E-state index is 14.3. The van der Waals surface area contributed by atoms with Crippen LogP contribution in [0.4, 0.5) is 0 Å². The molecule has 1 aromatic heterocycles. The second-order valence-corrected chi connectivity index (χ2v) is 15.2. The Hall–Kier alpha value is -6.50. The maximum atomic E-state index is 14.3. The molecule has 6 atom stereocenters. The van der Waals surface area contributed by atoms with Crippen LogP contribution in [-0.4, -0.2) is 113 Å². The number of nitrogens with two attached hydrogens (primary N) is 4. The molecule has 1 aliphatic rings. The highest BCUT2D eigenvalue weighted by molar-refractivity contribution is 5.97. The molecule has 7 amide bonds. The first-order chi connectivity index (χ1) is 29.2. The molecule has 19 heteroatoms. The molecule has 4 rings (SSSR count). The fourth-order valence-corrected chi connectivity index (χ4v) is 7.08. The average molecular weight is 845 g/mol. The van der Waals surface area contributed by atoms with Gasteiger partial charge in [-0.3, -0.25) is 38.6 Å². The summed E-state index contributed by atoms with van der Waals surface area (Å²) in [5.41, 5.74) is 24.5. The van der Waals surface area contributed by atoms with Crippen LogP contribution in [0.25, 0.3) is 10.9 Å². The lowest BCUT2D eigenvalue weighted by Crippen LogP contribution is -2.58. The van der Waals surface area contributed by atoms with Crippen LogP contribution in [0.5, 0.6) is 0 Å². The summed E-state index contributed by atoms with van der Waals surface area (Å²) in [6.45, 7) is 3.49. The number of unbranched alkanes of at least 4 members (excludes halogenated alkanes) is 1. The number of primary amides is 1. The third-order valence-corrected chi connectivity index (χ3v) is 10.5. The van der Waals surface area contributed by atoms with Crippen molar-refractivity contribution >= 4 is 58.2 Å². The molecule has 0 bridgehead atoms. The van der Waals surface area contributed by atoms with E-state index in [2.05, 4.69) is 36.6 Å². The van der Waals surface area contributed by atoms with Gasteiger partial charge >= 0.3 is 0 Å². The van der Waals surface area contributed by atoms with Crippen molar-refractivity contribution in [3.8, 4) is 0 Å². The van der Waals surface area contributed by atoms with Crippen molar-refractivity contribution in [1.82, 2.24) is 36.5 Å². The van der Waals surface area contributed by atoms with Gasteiger partial charge in [0.15, 0.2) is 5.96 Å². The Balaban J connectivity index is 1.48. The minimum absolute atomic E-state index is 0.0121. The van der Waals surface area contributed by atoms with E-state index in [0.717, 1.165) is 17.3 Å². The van der Waals surface area contributed by atoms with Gasteiger partial charge in [0.1, 0.15) is 30.2 Å². The summed E-state index contributed by atoms with van der Waals surface area (Å²) in [6.07, 6.45) is 5.24. The standard InChI is InChI=1S/C42H60N12O7/c1-3-4-16-31(36(44)56)51-41(61)34-18-11-20-54(34)35(55)24-49-39(59)32(21-26-12-6-5-7-13-26)53-40(60)33(22-27-23-48-30-17-9-8-14-28(27)30)52-37(57)25(2)50-38(58)29(43)15-10-19-47-42(45)46/h5-9,12-14,17,23,25,29,31-34,48H,3-4,10-11,15-16,18-22,24,43H2,1-2H3,(H2,44,56)(H,49,59)(H,50,58)(H,51,61)(H,52,57)(H,53,60)(H4,45,46,47)/t25-,29-,31-,32-,33+,34-/m0/s1. The van der Waals surface area contributed by atoms with E-state index in [0.29, 0.717) is 43.2 Å². The predicted molar refractivity (Wildman–Crippen MR) is 230 cm³/mol. The zero-order valence-corrected chi connectivity index (χ0v) is 34.8. The number of aromatic nitrogens is 1. The van der Waals surface area contributed by atoms with Crippen molar-refractivity contribution in [2.24, 2.45) is 27.9 Å². The number of carbonyl (C=O) groups excluding carboxylic acids is 7. The number of aliphatic imine (C=N–C) groups is 1. The maximum Gasteiger partial charge on any atom is 0.243 e. The first-order valence-corrected chi connectivity index (χ1v) is 20.7. The molecule has 0 saturated carbocycles. The number of nitrogens with zero attached hydrogens (tertiary/aromatic N) is 2. The number of amides is 7. The Morgan fingerprint density at radius 3 is 2.20 bits per heavy atom. The molecule has 19 nitrogen and oxygen atoms in total. The van der Waals surface area contributed by atoms with Crippen molar-refractivity contribution < 1.29 is 33.6 Å². The Morgan fingerprint density at radius 1 is 0.803 bits per heavy atom. The Bertz CT molecular complexity index is 2020. The second-order valence-electron chi connectivity index (χ2n) is 15.2. The largest absolute Gasteiger partial charge is 0.370 e. The lowest BCUT2D eigenvalue weighted by Gasteiger charge is -2.27. The molecule has 0 radical (unpaired) electrons. The van der Waals surface area contributed by atoms with E-state index in [1.807, 2.05) is 31.2 Å². The van der Waals surface area contributed by atoms with Crippen LogP contribution < -0.4 is 49.5 Å². The number of carbonyl (C=O) groups is 7. The van der Waals surface area contributed by atoms with Gasteiger partial charge in [-0.15, -0.1) is 0 Å². The minimum atomic E-state index is -1.22. The Labute approximate surface area is 354 Å². The summed E-state index contributed by atoms with van der Waals surface area (Å²) < 4.78 is 0. The monoisotopic (exact) mass is 844 g/mol. The lowest BCUT2D eigenvalue weighted by atomic mass is 10.0. The highest BCUT2D eigenvalue weighted by atomic mass is 16.2. The van der Waals surface area contributed by atoms with Crippen molar-refractivity contribution in [2.45, 2.75) is 108 Å². The molecule has 2 heterocycles. The molecular formula is C42H60N12O7. The smallest absolute Gasteiger partial charge is 0.243 e. The third kappa shape index (κ3) is 14.3. The number of benzene rings is 2. The van der Waals surface area contributed by atoms with E-state index in [9.17, 15) is 33.6 Å². The lowest BCUT2D eigenvalue weighted by molar-refractivity contribution is -0.139. The number of para-hydroxylation sites is 1. The number of likely N-dealkylation sites (tertiary alicyclic amines) is 1. The van der Waals surface area contributed by atoms with Crippen LogP contribution >= 0.6 is 0 Å². The topological polar surface area (TPSA) is 315 Å². The van der Waals surface area contributed by atoms with Gasteiger partial charge in [0.05, 0.1) is 12.6 Å². The number of hydrogen-bond acceptors (Lipinski definition) is 9. The van der Waals surface area contributed by atoms with Gasteiger partial charge in [-0.1, -0.05) is 68.3 Å². The number of rotatable bonds is 23. The van der Waals surface area contributed by atoms with Crippen molar-refractivity contribution in [1.29, 1.82) is 0 Å². The predicted octanol–water partition coefficient (Wildman–Crippen LogP) is -0.924. The van der Waals surface area contributed by atoms with E-state index in [1.54, 1.807) is 36.5 Å². The molecule has 0 aliphatic carbocycles. The first-order valence-electron chi connectivity index (χ1n) is 20.7. The number of H-pyrrole nitrogens is 1. The van der Waals surface area contributed by atoms with Crippen LogP contribution in [0.2, 0.25) is 0 Å². The van der Waals surface area contributed by atoms with E-state index >= 15 is 0 Å². The molecule has 14 N–H and O–H groups in total. The van der Waals surface area contributed by atoms with E-state index in [-0.39, 0.29) is 38.3 Å². The van der Waals surface area contributed by atoms with Crippen LogP contribution in [0.15, 0.2) is 65.8 Å². The summed E-state index contributed by atoms with van der Waals surface area (Å²) >= 11 is 0. The number of nitrogens with one attached hydrogen (secondary N) is 6. The minimum Gasteiger partial charge on any atom is -0.370 e. The molecule has 61 heavy (non-hydrogen) atoms. The van der Waals surface area contributed by atoms with Gasteiger partial charge in [-0.2, -0.15) is 0 Å². The number of guanidine groups is 1. The van der Waals surface area contributed by atoms with Gasteiger partial charge in [0.25, 0.3) is 0 Å². The SMILES string of the molecule is CCCC[C@H](NC(=O)[C@@H]1CCCN1C(=O)CNC(=O)[C@H](Cc1ccccc1)NC(=O)[C@@H](Cc1c[nH]c2ccccc12)NC(=O)[C@H](C)NC(=O)[C@@H](N)CCCN=C(N)N)C(N)=O. The number of aromatic amines is 1. The quantitative estimate of drug-likeness (QED) is 0.0318. The van der Waals surface area contributed by atoms with Gasteiger partial charge in [0, 0.05) is 43.0 Å². The summed E-state index contributed by atoms with van der Waals surface area (Å²) in [5.74, 6) is -4.38. The summed E-state index contributed by atoms with van der Waals surface area (Å²) in [5, 5.41) is 14.3. The van der Waals surface area contributed by atoms with Gasteiger partial charge < -0.3 is 59.4 Å². The highest BCUT2D eigenvalue weighted by Gasteiger charge is 2.36. The van der Waals surface area contributed by atoms with E-state index < -0.39 is 84.1 Å². The molecule has 3 aromatic rings. The molecule has 1 fully saturated rings. The first kappa shape index (κ1) is 47.2. The average Bonchev–Trinajstić information content (AvgIpc) is 3.90. The molecule has 2 aromatic carbocycles. The van der Waals surface area contributed by atoms with Gasteiger partial charge in [-0.05, 0) is 56.2 Å². The van der Waals surface area contributed by atoms with Crippen molar-refractivity contribution in [2.75, 3.05) is 19.6 Å². The fourth-order valence-electron chi connectivity index (χ4n) is 7.08. The molecule has 330 valence electrons. The zero-order chi connectivity index (χ0) is 44.5. The van der Waals surface area contributed by atoms with Crippen LogP contribution in [0.1, 0.15) is 69.9 Å². The van der Waals surface area contributed by atoms with Crippen LogP contribution in [0, 0.1) is 0 Å². The summed E-state index contributed by atoms with van der Waals surface area (Å²) in [6, 6.07) is 10.2. The number of fused-ring (bicyclic) bond motifs is 1. The second kappa shape index (κ2) is 23.3. The molecule has 1 saturated heterocycles. The summed E-state index contributed by atoms with van der Waals surface area (Å²) in [4.78, 5) is 102. The van der Waals surface area contributed by atoms with Gasteiger partial charge in [0.2, 0.25) is 41.4 Å². The summed E-state index contributed by atoms with van der Waals surface area (Å²) in [7, 11) is 0. The normalized spacial score (nSPS) is 16.0. The molecular weight excluding hydrogens is 785 g/mol. The van der Waals surface area contributed by atoms with Gasteiger partial charge in [-0.25, -0.2) is 0 Å². The van der Waals surface area contributed by atoms with E-state index in [4.69, 9.17) is 22.9 Å². The highest BCUT2D eigenvalue weighted by Crippen LogP contribution is 2.20. The Morgan fingerprint density at radius 2 is 1.49 bits per heavy atom. The third-order valence-electron chi connectivity index (χ3n) is 10.5. The molecule has 0 unspecified atom stereocenters. The molecule has 0 spiro atoms. The van der Waals surface area contributed by atoms with Crippen molar-refractivity contribution in [3.05, 3.63) is 71.9 Å². The van der Waals surface area contributed by atoms with Crippen LogP contribution in [0.3, 0.4) is 0 Å². The fraction of sp³-hybridized carbons (Fsp3) is 0.476. The van der Waals surface area contributed by atoms with Crippen LogP contribution in [-0.2, 0) is 46.4 Å². The molecule has 1 aliphatic heterocycles. The zero-order valence-electron chi connectivity index (χ0n) is 34.8.